The number of carbonyl (C=O) groups is 1. The van der Waals surface area contributed by atoms with E-state index in [0.717, 1.165) is 44.9 Å². The number of phosphoric acid groups is 1. The van der Waals surface area contributed by atoms with Crippen molar-refractivity contribution in [3.63, 3.8) is 0 Å². The molecule has 0 aliphatic rings. The van der Waals surface area contributed by atoms with Gasteiger partial charge in [0.2, 0.25) is 0 Å². The van der Waals surface area contributed by atoms with Gasteiger partial charge in [-0.3, -0.25) is 9.32 Å². The maximum Gasteiger partial charge on any atom is 0.469 e. The van der Waals surface area contributed by atoms with Gasteiger partial charge in [-0.15, -0.1) is 0 Å². The third-order valence-electron chi connectivity index (χ3n) is 8.07. The lowest BCUT2D eigenvalue weighted by Gasteiger charge is -2.18. The molecule has 0 unspecified atom stereocenters. The van der Waals surface area contributed by atoms with Gasteiger partial charge in [-0.05, 0) is 38.5 Å². The molecule has 44 heavy (non-hydrogen) atoms. The molecule has 262 valence electrons. The standard InChI is InChI=1S/C36H71O7P/c1-3-5-7-9-11-13-15-17-18-19-20-22-24-26-28-30-32-41-33-35(34-42-44(38,39)40)43-36(37)31-29-27-25-23-21-16-14-12-10-8-6-4-2/h12,14,35H,3-11,13,15-34H2,1-2H3,(H2,38,39,40)/b14-12-/t35-/m1/s1. The van der Waals surface area contributed by atoms with Gasteiger partial charge in [0.25, 0.3) is 0 Å². The molecule has 0 radical (unpaired) electrons. The van der Waals surface area contributed by atoms with Gasteiger partial charge in [0.05, 0.1) is 13.2 Å². The Bertz CT molecular complexity index is 679. The van der Waals surface area contributed by atoms with Gasteiger partial charge in [0, 0.05) is 13.0 Å². The van der Waals surface area contributed by atoms with Crippen LogP contribution in [-0.2, 0) is 23.4 Å². The molecule has 0 aromatic heterocycles. The minimum Gasteiger partial charge on any atom is -0.457 e. The van der Waals surface area contributed by atoms with Crippen LogP contribution in [0.3, 0.4) is 0 Å². The largest absolute Gasteiger partial charge is 0.469 e. The highest BCUT2D eigenvalue weighted by atomic mass is 31.2. The van der Waals surface area contributed by atoms with Crippen molar-refractivity contribution in [2.24, 2.45) is 0 Å². The van der Waals surface area contributed by atoms with E-state index in [-0.39, 0.29) is 19.2 Å². The zero-order valence-corrected chi connectivity index (χ0v) is 29.7. The Labute approximate surface area is 271 Å². The molecular weight excluding hydrogens is 575 g/mol. The maximum atomic E-state index is 12.3. The predicted octanol–water partition coefficient (Wildman–Crippen LogP) is 11.2. The van der Waals surface area contributed by atoms with Crippen molar-refractivity contribution < 1.29 is 33.1 Å². The molecule has 0 fully saturated rings. The first kappa shape index (κ1) is 43.3. The first-order valence-electron chi connectivity index (χ1n) is 18.5. The monoisotopic (exact) mass is 646 g/mol. The first-order chi connectivity index (χ1) is 21.4. The fraction of sp³-hybridized carbons (Fsp3) is 0.917. The van der Waals surface area contributed by atoms with E-state index in [2.05, 4.69) is 30.5 Å². The number of carbonyl (C=O) groups excluding carboxylic acids is 1. The Morgan fingerprint density at radius 2 is 1.00 bits per heavy atom. The summed E-state index contributed by atoms with van der Waals surface area (Å²) in [5.74, 6) is -0.370. The topological polar surface area (TPSA) is 102 Å². The number of hydrogen-bond donors (Lipinski definition) is 2. The van der Waals surface area contributed by atoms with E-state index in [4.69, 9.17) is 19.3 Å². The minimum absolute atomic E-state index is 0.0798. The summed E-state index contributed by atoms with van der Waals surface area (Å²) in [7, 11) is -4.64. The molecule has 0 aliphatic heterocycles. The molecule has 1 atom stereocenters. The lowest BCUT2D eigenvalue weighted by Crippen LogP contribution is -2.28. The van der Waals surface area contributed by atoms with E-state index in [9.17, 15) is 9.36 Å². The fourth-order valence-electron chi connectivity index (χ4n) is 5.32. The second kappa shape index (κ2) is 33.6. The molecule has 0 rings (SSSR count). The van der Waals surface area contributed by atoms with Gasteiger partial charge >= 0.3 is 13.8 Å². The molecule has 0 amide bonds. The van der Waals surface area contributed by atoms with E-state index in [0.29, 0.717) is 13.0 Å². The second-order valence-corrected chi connectivity index (χ2v) is 13.8. The van der Waals surface area contributed by atoms with Crippen LogP contribution >= 0.6 is 7.82 Å². The highest BCUT2D eigenvalue weighted by Gasteiger charge is 2.21. The molecule has 0 saturated heterocycles. The summed E-state index contributed by atoms with van der Waals surface area (Å²) in [6.07, 6.45) is 36.3. The van der Waals surface area contributed by atoms with Gasteiger partial charge in [-0.1, -0.05) is 154 Å². The Morgan fingerprint density at radius 3 is 1.50 bits per heavy atom. The van der Waals surface area contributed by atoms with Crippen molar-refractivity contribution >= 4 is 13.8 Å². The molecular formula is C36H71O7P. The van der Waals surface area contributed by atoms with Crippen LogP contribution in [0.25, 0.3) is 0 Å². The molecule has 0 aliphatic carbocycles. The summed E-state index contributed by atoms with van der Waals surface area (Å²) in [4.78, 5) is 30.4. The molecule has 2 N–H and O–H groups in total. The third-order valence-corrected chi connectivity index (χ3v) is 8.55. The highest BCUT2D eigenvalue weighted by Crippen LogP contribution is 2.35. The van der Waals surface area contributed by atoms with Crippen LogP contribution in [0.1, 0.15) is 187 Å². The molecule has 0 aromatic carbocycles. The van der Waals surface area contributed by atoms with Crippen molar-refractivity contribution in [3.8, 4) is 0 Å². The second-order valence-electron chi connectivity index (χ2n) is 12.6. The van der Waals surface area contributed by atoms with Crippen molar-refractivity contribution in [2.45, 2.75) is 193 Å². The Hall–Kier alpha value is -0.720. The van der Waals surface area contributed by atoms with Gasteiger partial charge in [0.1, 0.15) is 6.10 Å². The molecule has 0 spiro atoms. The number of allylic oxidation sites excluding steroid dienone is 2. The van der Waals surface area contributed by atoms with Gasteiger partial charge in [-0.25, -0.2) is 4.57 Å². The molecule has 0 heterocycles. The predicted molar refractivity (Wildman–Crippen MR) is 184 cm³/mol. The number of ether oxygens (including phenoxy) is 2. The van der Waals surface area contributed by atoms with E-state index < -0.39 is 13.9 Å². The van der Waals surface area contributed by atoms with Crippen molar-refractivity contribution in [2.75, 3.05) is 19.8 Å². The fourth-order valence-corrected chi connectivity index (χ4v) is 5.68. The van der Waals surface area contributed by atoms with Crippen LogP contribution in [0.15, 0.2) is 12.2 Å². The summed E-state index contributed by atoms with van der Waals surface area (Å²) in [5, 5.41) is 0. The van der Waals surface area contributed by atoms with Crippen molar-refractivity contribution in [1.82, 2.24) is 0 Å². The SMILES string of the molecule is CCCCC/C=C\CCCCCCCC(=O)O[C@H](COCCCCCCCCCCCCCCCCCC)COP(=O)(O)O. The smallest absolute Gasteiger partial charge is 0.457 e. The normalized spacial score (nSPS) is 12.7. The van der Waals surface area contributed by atoms with Crippen LogP contribution in [0.2, 0.25) is 0 Å². The lowest BCUT2D eigenvalue weighted by atomic mass is 10.0. The van der Waals surface area contributed by atoms with Crippen molar-refractivity contribution in [3.05, 3.63) is 12.2 Å². The zero-order valence-electron chi connectivity index (χ0n) is 28.8. The summed E-state index contributed by atoms with van der Waals surface area (Å²) in [6, 6.07) is 0. The Morgan fingerprint density at radius 1 is 0.591 bits per heavy atom. The summed E-state index contributed by atoms with van der Waals surface area (Å²) < 4.78 is 26.9. The zero-order chi connectivity index (χ0) is 32.4. The molecule has 7 nitrogen and oxygen atoms in total. The van der Waals surface area contributed by atoms with E-state index in [1.54, 1.807) is 0 Å². The Kier molecular flexibility index (Phi) is 33.1. The van der Waals surface area contributed by atoms with Crippen LogP contribution in [-0.4, -0.2) is 41.7 Å². The van der Waals surface area contributed by atoms with E-state index >= 15 is 0 Å². The average Bonchev–Trinajstić information content (AvgIpc) is 2.99. The van der Waals surface area contributed by atoms with Gasteiger partial charge in [0.15, 0.2) is 0 Å². The highest BCUT2D eigenvalue weighted by molar-refractivity contribution is 7.46. The average molecular weight is 647 g/mol. The van der Waals surface area contributed by atoms with E-state index in [1.165, 1.54) is 122 Å². The van der Waals surface area contributed by atoms with Crippen LogP contribution in [0.4, 0.5) is 0 Å². The summed E-state index contributed by atoms with van der Waals surface area (Å²) >= 11 is 0. The molecule has 0 saturated carbocycles. The quantitative estimate of drug-likeness (QED) is 0.0306. The van der Waals surface area contributed by atoms with Gasteiger partial charge < -0.3 is 19.3 Å². The van der Waals surface area contributed by atoms with Crippen LogP contribution < -0.4 is 0 Å². The molecule has 0 bridgehead atoms. The molecule has 8 heteroatoms. The minimum atomic E-state index is -4.64. The number of phosphoric ester groups is 1. The van der Waals surface area contributed by atoms with Crippen molar-refractivity contribution in [1.29, 1.82) is 0 Å². The number of esters is 1. The summed E-state index contributed by atoms with van der Waals surface area (Å²) in [6.45, 7) is 4.74. The number of rotatable bonds is 35. The Balaban J connectivity index is 3.80. The third kappa shape index (κ3) is 35.8. The number of unbranched alkanes of at least 4 members (excludes halogenated alkanes) is 23. The van der Waals surface area contributed by atoms with Crippen LogP contribution in [0, 0.1) is 0 Å². The first-order valence-corrected chi connectivity index (χ1v) is 20.0. The number of hydrogen-bond acceptors (Lipinski definition) is 5. The maximum absolute atomic E-state index is 12.3. The van der Waals surface area contributed by atoms with Gasteiger partial charge in [-0.2, -0.15) is 0 Å². The lowest BCUT2D eigenvalue weighted by molar-refractivity contribution is -0.154. The summed E-state index contributed by atoms with van der Waals surface area (Å²) in [5.41, 5.74) is 0. The van der Waals surface area contributed by atoms with Crippen LogP contribution in [0.5, 0.6) is 0 Å². The van der Waals surface area contributed by atoms with E-state index in [1.807, 2.05) is 0 Å². The molecule has 0 aromatic rings.